The van der Waals surface area contributed by atoms with Gasteiger partial charge in [0.05, 0.1) is 6.61 Å². The van der Waals surface area contributed by atoms with Crippen LogP contribution < -0.4 is 0 Å². The molecule has 6 unspecified atom stereocenters. The maximum Gasteiger partial charge on any atom is 0.472 e. The number of phosphoric ester groups is 1. The molecule has 6 N–H and O–H groups in total. The molecule has 59 heavy (non-hydrogen) atoms. The van der Waals surface area contributed by atoms with Gasteiger partial charge in [0, 0.05) is 12.8 Å². The summed E-state index contributed by atoms with van der Waals surface area (Å²) in [7, 11) is -5.12. The van der Waals surface area contributed by atoms with Crippen molar-refractivity contribution >= 4 is 19.8 Å². The molecule has 0 heterocycles. The lowest BCUT2D eigenvalue weighted by atomic mass is 9.85. The number of rotatable bonds is 38. The second-order valence-electron chi connectivity index (χ2n) is 16.3. The number of ether oxygens (including phenoxy) is 2. The highest BCUT2D eigenvalue weighted by molar-refractivity contribution is 7.47. The Morgan fingerprint density at radius 3 is 1.29 bits per heavy atom. The maximum atomic E-state index is 12.8. The molecular formula is C45H83O13P. The maximum absolute atomic E-state index is 12.8. The first kappa shape index (κ1) is 55.3. The van der Waals surface area contributed by atoms with Gasteiger partial charge in [-0.25, -0.2) is 4.57 Å². The normalized spacial score (nSPS) is 22.5. The summed E-state index contributed by atoms with van der Waals surface area (Å²) in [5.41, 5.74) is 0. The van der Waals surface area contributed by atoms with Crippen LogP contribution in [0.2, 0.25) is 0 Å². The van der Waals surface area contributed by atoms with Crippen LogP contribution in [0, 0.1) is 0 Å². The fourth-order valence-electron chi connectivity index (χ4n) is 6.98. The van der Waals surface area contributed by atoms with Gasteiger partial charge in [-0.2, -0.15) is 0 Å². The predicted molar refractivity (Wildman–Crippen MR) is 230 cm³/mol. The molecular weight excluding hydrogens is 779 g/mol. The quantitative estimate of drug-likeness (QED) is 0.0149. The monoisotopic (exact) mass is 863 g/mol. The average molecular weight is 863 g/mol. The number of hydrogen-bond donors (Lipinski definition) is 6. The van der Waals surface area contributed by atoms with Crippen LogP contribution in [0.15, 0.2) is 24.3 Å². The Balaban J connectivity index is 2.49. The molecule has 0 aromatic carbocycles. The van der Waals surface area contributed by atoms with Crippen LogP contribution in [0.25, 0.3) is 0 Å². The van der Waals surface area contributed by atoms with E-state index in [0.717, 1.165) is 38.5 Å². The van der Waals surface area contributed by atoms with Crippen LogP contribution in [0.4, 0.5) is 0 Å². The van der Waals surface area contributed by atoms with Gasteiger partial charge < -0.3 is 39.9 Å². The van der Waals surface area contributed by atoms with Crippen LogP contribution >= 0.6 is 7.82 Å². The van der Waals surface area contributed by atoms with E-state index in [1.165, 1.54) is 116 Å². The average Bonchev–Trinajstić information content (AvgIpc) is 3.21. The van der Waals surface area contributed by atoms with E-state index in [9.17, 15) is 44.6 Å². The van der Waals surface area contributed by atoms with Crippen molar-refractivity contribution in [1.82, 2.24) is 0 Å². The van der Waals surface area contributed by atoms with E-state index in [4.69, 9.17) is 18.5 Å². The zero-order chi connectivity index (χ0) is 43.6. The number of carbonyl (C=O) groups is 2. The lowest BCUT2D eigenvalue weighted by molar-refractivity contribution is -0.220. The van der Waals surface area contributed by atoms with Gasteiger partial charge in [-0.1, -0.05) is 141 Å². The second-order valence-corrected chi connectivity index (χ2v) is 17.7. The van der Waals surface area contributed by atoms with Gasteiger partial charge >= 0.3 is 19.8 Å². The van der Waals surface area contributed by atoms with Crippen molar-refractivity contribution in [3.05, 3.63) is 24.3 Å². The third-order valence-corrected chi connectivity index (χ3v) is 11.8. The van der Waals surface area contributed by atoms with Crippen LogP contribution in [-0.2, 0) is 32.7 Å². The summed E-state index contributed by atoms with van der Waals surface area (Å²) < 4.78 is 33.5. The first-order valence-electron chi connectivity index (χ1n) is 23.1. The van der Waals surface area contributed by atoms with Crippen LogP contribution in [0.3, 0.4) is 0 Å². The summed E-state index contributed by atoms with van der Waals surface area (Å²) >= 11 is 0. The molecule has 0 radical (unpaired) electrons. The summed E-state index contributed by atoms with van der Waals surface area (Å²) in [4.78, 5) is 35.6. The Morgan fingerprint density at radius 1 is 0.508 bits per heavy atom. The van der Waals surface area contributed by atoms with Crippen molar-refractivity contribution in [1.29, 1.82) is 0 Å². The van der Waals surface area contributed by atoms with E-state index in [-0.39, 0.29) is 12.8 Å². The molecule has 1 rings (SSSR count). The SMILES string of the molecule is CCCCCCCCCCC/C=C/CCCCC(=O)OC[C@H](COP(=O)(O)OC1C(O)C(O)C(O)[C@@H](O)C1O)OC(=O)CCCC/C=C/CCCCCCCCCCC. The minimum Gasteiger partial charge on any atom is -0.462 e. The molecule has 1 saturated carbocycles. The van der Waals surface area contributed by atoms with Crippen molar-refractivity contribution in [2.24, 2.45) is 0 Å². The largest absolute Gasteiger partial charge is 0.472 e. The Hall–Kier alpha value is -1.67. The zero-order valence-electron chi connectivity index (χ0n) is 36.6. The molecule has 14 heteroatoms. The minimum absolute atomic E-state index is 0.0645. The number of unbranched alkanes of at least 4 members (excludes halogenated alkanes) is 22. The summed E-state index contributed by atoms with van der Waals surface area (Å²) in [5.74, 6) is -1.15. The summed E-state index contributed by atoms with van der Waals surface area (Å²) in [6.07, 6.45) is 25.3. The van der Waals surface area contributed by atoms with E-state index in [1.807, 2.05) is 0 Å². The smallest absolute Gasteiger partial charge is 0.462 e. The van der Waals surface area contributed by atoms with Crippen LogP contribution in [-0.4, -0.2) is 98.3 Å². The number of aliphatic hydroxyl groups excluding tert-OH is 5. The summed E-state index contributed by atoms with van der Waals surface area (Å²) in [6.45, 7) is 3.26. The molecule has 0 aliphatic heterocycles. The molecule has 1 aliphatic rings. The number of carbonyl (C=O) groups excluding carboxylic acids is 2. The Bertz CT molecular complexity index is 1130. The van der Waals surface area contributed by atoms with Gasteiger partial charge in [-0.3, -0.25) is 18.6 Å². The molecule has 0 aromatic rings. The number of esters is 2. The molecule has 0 saturated heterocycles. The highest BCUT2D eigenvalue weighted by Gasteiger charge is 2.51. The van der Waals surface area contributed by atoms with Crippen molar-refractivity contribution < 1.29 is 63.1 Å². The lowest BCUT2D eigenvalue weighted by Crippen LogP contribution is -2.64. The zero-order valence-corrected chi connectivity index (χ0v) is 37.4. The van der Waals surface area contributed by atoms with Crippen LogP contribution in [0.1, 0.15) is 194 Å². The first-order chi connectivity index (χ1) is 28.4. The molecule has 0 aromatic heterocycles. The highest BCUT2D eigenvalue weighted by Crippen LogP contribution is 2.47. The van der Waals surface area contributed by atoms with E-state index in [0.29, 0.717) is 12.8 Å². The third kappa shape index (κ3) is 28.5. The van der Waals surface area contributed by atoms with Gasteiger partial charge in [0.25, 0.3) is 0 Å². The third-order valence-electron chi connectivity index (χ3n) is 10.8. The molecule has 0 spiro atoms. The van der Waals surface area contributed by atoms with Crippen molar-refractivity contribution in [3.63, 3.8) is 0 Å². The fourth-order valence-corrected chi connectivity index (χ4v) is 7.95. The van der Waals surface area contributed by atoms with E-state index < -0.39 is 75.7 Å². The van der Waals surface area contributed by atoms with Gasteiger partial charge in [0.15, 0.2) is 6.10 Å². The molecule has 1 fully saturated rings. The van der Waals surface area contributed by atoms with Crippen LogP contribution in [0.5, 0.6) is 0 Å². The standard InChI is InChI=1S/C45H83O13P/c1-3-5-7-9-11-13-15-17-19-21-23-25-27-29-31-33-38(46)55-35-37(36-56-59(53,54)58-45-43(51)41(49)40(48)42(50)44(45)52)57-39(47)34-32-30-28-26-24-22-20-18-16-14-12-10-8-6-4-2/h23-26,37,40-45,48-52H,3-22,27-36H2,1-2H3,(H,53,54)/b25-23+,26-24+/t37-,40?,41-,42?,43?,44?,45?/m1/s1. The molecule has 13 nitrogen and oxygen atoms in total. The molecule has 1 aliphatic carbocycles. The Labute approximate surface area is 356 Å². The van der Waals surface area contributed by atoms with E-state index in [2.05, 4.69) is 38.2 Å². The van der Waals surface area contributed by atoms with Crippen molar-refractivity contribution in [2.75, 3.05) is 13.2 Å². The number of hydrogen-bond acceptors (Lipinski definition) is 12. The van der Waals surface area contributed by atoms with E-state index in [1.54, 1.807) is 0 Å². The van der Waals surface area contributed by atoms with E-state index >= 15 is 0 Å². The number of aliphatic hydroxyl groups is 5. The highest BCUT2D eigenvalue weighted by atomic mass is 31.2. The molecule has 0 bridgehead atoms. The molecule has 346 valence electrons. The number of phosphoric acid groups is 1. The summed E-state index contributed by atoms with van der Waals surface area (Å²) in [6, 6.07) is 0. The Morgan fingerprint density at radius 2 is 0.864 bits per heavy atom. The fraction of sp³-hybridized carbons (Fsp3) is 0.867. The second kappa shape index (κ2) is 35.9. The topological polar surface area (TPSA) is 210 Å². The molecule has 8 atom stereocenters. The van der Waals surface area contributed by atoms with Gasteiger partial charge in [0.1, 0.15) is 43.2 Å². The molecule has 0 amide bonds. The van der Waals surface area contributed by atoms with Crippen molar-refractivity contribution in [2.45, 2.75) is 236 Å². The first-order valence-corrected chi connectivity index (χ1v) is 24.6. The van der Waals surface area contributed by atoms with Crippen molar-refractivity contribution in [3.8, 4) is 0 Å². The Kier molecular flexibility index (Phi) is 33.7. The summed E-state index contributed by atoms with van der Waals surface area (Å²) in [5, 5.41) is 50.1. The minimum atomic E-state index is -5.12. The van der Waals surface area contributed by atoms with Gasteiger partial charge in [-0.15, -0.1) is 0 Å². The predicted octanol–water partition coefficient (Wildman–Crippen LogP) is 8.84. The lowest BCUT2D eigenvalue weighted by Gasteiger charge is -2.41. The van der Waals surface area contributed by atoms with Gasteiger partial charge in [0.2, 0.25) is 0 Å². The number of allylic oxidation sites excluding steroid dienone is 4. The van der Waals surface area contributed by atoms with Gasteiger partial charge in [-0.05, 0) is 64.2 Å².